The van der Waals surface area contributed by atoms with Crippen molar-refractivity contribution in [1.82, 2.24) is 15.0 Å². The van der Waals surface area contributed by atoms with Crippen LogP contribution in [0.15, 0.2) is 194 Å². The zero-order valence-electron chi connectivity index (χ0n) is 32.3. The third-order valence-electron chi connectivity index (χ3n) is 11.6. The first kappa shape index (κ1) is 34.5. The molecular weight excluding hydrogens is 691 g/mol. The first-order chi connectivity index (χ1) is 27.9. The van der Waals surface area contributed by atoms with Gasteiger partial charge in [0.1, 0.15) is 0 Å². The highest BCUT2D eigenvalue weighted by Crippen LogP contribution is 2.57. The molecule has 0 saturated carbocycles. The van der Waals surface area contributed by atoms with E-state index in [4.69, 9.17) is 15.0 Å². The number of aromatic nitrogens is 3. The molecule has 1 aliphatic carbocycles. The largest absolute Gasteiger partial charge is 0.208 e. The summed E-state index contributed by atoms with van der Waals surface area (Å²) in [4.78, 5) is 15.6. The summed E-state index contributed by atoms with van der Waals surface area (Å²) in [5.41, 5.74) is 13.4. The molecule has 57 heavy (non-hydrogen) atoms. The van der Waals surface area contributed by atoms with Crippen molar-refractivity contribution in [3.8, 4) is 56.4 Å². The number of fused-ring (bicyclic) bond motifs is 4. The molecule has 0 amide bonds. The minimum Gasteiger partial charge on any atom is -0.208 e. The molecular formula is C54H41N3. The van der Waals surface area contributed by atoms with E-state index in [1.165, 1.54) is 38.9 Å². The lowest BCUT2D eigenvalue weighted by atomic mass is 9.66. The maximum absolute atomic E-state index is 5.27. The van der Waals surface area contributed by atoms with Crippen molar-refractivity contribution in [2.75, 3.05) is 0 Å². The van der Waals surface area contributed by atoms with Gasteiger partial charge in [-0.3, -0.25) is 0 Å². The van der Waals surface area contributed by atoms with Crippen molar-refractivity contribution in [1.29, 1.82) is 0 Å². The van der Waals surface area contributed by atoms with Gasteiger partial charge in [-0.05, 0) is 72.3 Å². The van der Waals surface area contributed by atoms with Crippen molar-refractivity contribution in [2.45, 2.75) is 31.6 Å². The van der Waals surface area contributed by atoms with Crippen LogP contribution in [-0.2, 0) is 10.8 Å². The molecule has 0 unspecified atom stereocenters. The second-order valence-electron chi connectivity index (χ2n) is 16.0. The summed E-state index contributed by atoms with van der Waals surface area (Å²) in [5, 5.41) is 2.22. The van der Waals surface area contributed by atoms with Gasteiger partial charge in [0.05, 0.1) is 5.41 Å². The fourth-order valence-corrected chi connectivity index (χ4v) is 8.80. The molecule has 0 saturated heterocycles. The Bertz CT molecular complexity index is 2820. The summed E-state index contributed by atoms with van der Waals surface area (Å²) in [6.07, 6.45) is 0. The number of nitrogens with zero attached hydrogens (tertiary/aromatic N) is 3. The lowest BCUT2D eigenvalue weighted by molar-refractivity contribution is 0.588. The highest BCUT2D eigenvalue weighted by molar-refractivity contribution is 6.03. The normalized spacial score (nSPS) is 13.0. The summed E-state index contributed by atoms with van der Waals surface area (Å²) in [6, 6.07) is 69.8. The lowest BCUT2D eigenvalue weighted by Gasteiger charge is -2.35. The summed E-state index contributed by atoms with van der Waals surface area (Å²) in [5.74, 6) is 1.93. The Kier molecular flexibility index (Phi) is 8.27. The Morgan fingerprint density at radius 3 is 1.44 bits per heavy atom. The van der Waals surface area contributed by atoms with Crippen LogP contribution < -0.4 is 0 Å². The number of hydrogen-bond donors (Lipinski definition) is 0. The third kappa shape index (κ3) is 5.78. The Labute approximate surface area is 334 Å². The van der Waals surface area contributed by atoms with Gasteiger partial charge >= 0.3 is 0 Å². The summed E-state index contributed by atoms with van der Waals surface area (Å²) in [7, 11) is 0. The molecule has 1 aliphatic rings. The van der Waals surface area contributed by atoms with Crippen LogP contribution in [0.25, 0.3) is 67.2 Å². The molecule has 0 aliphatic heterocycles. The molecule has 9 aromatic rings. The number of benzene rings is 8. The average molecular weight is 732 g/mol. The second kappa shape index (κ2) is 13.6. The summed E-state index contributed by atoms with van der Waals surface area (Å²) in [6.45, 7) is 6.91. The van der Waals surface area contributed by atoms with Gasteiger partial charge in [-0.1, -0.05) is 209 Å². The van der Waals surface area contributed by atoms with Gasteiger partial charge in [0.15, 0.2) is 17.5 Å². The van der Waals surface area contributed by atoms with Gasteiger partial charge < -0.3 is 0 Å². The maximum atomic E-state index is 5.27. The van der Waals surface area contributed by atoms with Crippen LogP contribution in [0.4, 0.5) is 0 Å². The van der Waals surface area contributed by atoms with E-state index in [2.05, 4.69) is 178 Å². The Hall–Kier alpha value is -6.97. The average Bonchev–Trinajstić information content (AvgIpc) is 3.56. The standard InChI is InChI=1S/C54H41N3/c1-53(2,3)42-30-33-46-45-32-29-39(34-47(45)54(48(46)35-42,40-23-12-6-13-24-40)41-25-14-7-15-26-41)44-31-28-36-18-16-17-27-43(36)49(44)52-56-50(37-19-8-4-9-20-37)55-51(57-52)38-21-10-5-11-22-38/h4-35H,1-3H3. The van der Waals surface area contributed by atoms with Gasteiger partial charge in [-0.15, -0.1) is 0 Å². The van der Waals surface area contributed by atoms with E-state index in [0.29, 0.717) is 17.5 Å². The number of hydrogen-bond acceptors (Lipinski definition) is 3. The molecule has 0 bridgehead atoms. The van der Waals surface area contributed by atoms with Crippen molar-refractivity contribution in [3.63, 3.8) is 0 Å². The maximum Gasteiger partial charge on any atom is 0.165 e. The van der Waals surface area contributed by atoms with Crippen molar-refractivity contribution >= 4 is 10.8 Å². The van der Waals surface area contributed by atoms with E-state index >= 15 is 0 Å². The monoisotopic (exact) mass is 731 g/mol. The predicted molar refractivity (Wildman–Crippen MR) is 235 cm³/mol. The van der Waals surface area contributed by atoms with Crippen LogP contribution in [0.3, 0.4) is 0 Å². The molecule has 3 heteroatoms. The van der Waals surface area contributed by atoms with Crippen molar-refractivity contribution in [2.24, 2.45) is 0 Å². The van der Waals surface area contributed by atoms with E-state index in [-0.39, 0.29) is 5.41 Å². The number of rotatable bonds is 6. The van der Waals surface area contributed by atoms with E-state index in [9.17, 15) is 0 Å². The molecule has 0 radical (unpaired) electrons. The molecule has 0 fully saturated rings. The highest BCUT2D eigenvalue weighted by atomic mass is 15.0. The summed E-state index contributed by atoms with van der Waals surface area (Å²) >= 11 is 0. The zero-order valence-corrected chi connectivity index (χ0v) is 32.3. The molecule has 3 nitrogen and oxygen atoms in total. The van der Waals surface area contributed by atoms with E-state index < -0.39 is 5.41 Å². The Morgan fingerprint density at radius 1 is 0.386 bits per heavy atom. The van der Waals surface area contributed by atoms with E-state index in [0.717, 1.165) is 38.6 Å². The minimum atomic E-state index is -0.546. The molecule has 1 aromatic heterocycles. The van der Waals surface area contributed by atoms with Gasteiger partial charge in [0, 0.05) is 16.7 Å². The van der Waals surface area contributed by atoms with Gasteiger partial charge in [0.25, 0.3) is 0 Å². The fraction of sp³-hybridized carbons (Fsp3) is 0.0926. The first-order valence-corrected chi connectivity index (χ1v) is 19.7. The lowest BCUT2D eigenvalue weighted by Crippen LogP contribution is -2.29. The van der Waals surface area contributed by atoms with Crippen LogP contribution in [0.1, 0.15) is 48.6 Å². The first-order valence-electron chi connectivity index (χ1n) is 19.7. The topological polar surface area (TPSA) is 38.7 Å². The van der Waals surface area contributed by atoms with Gasteiger partial charge in [-0.25, -0.2) is 15.0 Å². The van der Waals surface area contributed by atoms with Gasteiger partial charge in [0.2, 0.25) is 0 Å². The van der Waals surface area contributed by atoms with Gasteiger partial charge in [-0.2, -0.15) is 0 Å². The van der Waals surface area contributed by atoms with Crippen LogP contribution in [0.5, 0.6) is 0 Å². The van der Waals surface area contributed by atoms with Crippen molar-refractivity contribution < 1.29 is 0 Å². The molecule has 272 valence electrons. The zero-order chi connectivity index (χ0) is 38.6. The fourth-order valence-electron chi connectivity index (χ4n) is 8.80. The Morgan fingerprint density at radius 2 is 0.860 bits per heavy atom. The molecule has 0 N–H and O–H groups in total. The molecule has 0 spiro atoms. The second-order valence-corrected chi connectivity index (χ2v) is 16.0. The minimum absolute atomic E-state index is 0.0180. The Balaban J connectivity index is 1.27. The van der Waals surface area contributed by atoms with Crippen LogP contribution >= 0.6 is 0 Å². The smallest absolute Gasteiger partial charge is 0.165 e. The SMILES string of the molecule is CC(C)(C)c1ccc2c(c1)C(c1ccccc1)(c1ccccc1)c1cc(-c3ccc4ccccc4c3-c3nc(-c4ccccc4)nc(-c4ccccc4)n3)ccc1-2. The van der Waals surface area contributed by atoms with Crippen LogP contribution in [0.2, 0.25) is 0 Å². The van der Waals surface area contributed by atoms with Crippen molar-refractivity contribution in [3.05, 3.63) is 222 Å². The molecule has 10 rings (SSSR count). The van der Waals surface area contributed by atoms with Crippen LogP contribution in [-0.4, -0.2) is 15.0 Å². The predicted octanol–water partition coefficient (Wildman–Crippen LogP) is 13.4. The quantitative estimate of drug-likeness (QED) is 0.171. The van der Waals surface area contributed by atoms with Crippen LogP contribution in [0, 0.1) is 0 Å². The molecule has 8 aromatic carbocycles. The summed E-state index contributed by atoms with van der Waals surface area (Å²) < 4.78 is 0. The highest BCUT2D eigenvalue weighted by Gasteiger charge is 2.46. The molecule has 1 heterocycles. The molecule has 0 atom stereocenters. The van der Waals surface area contributed by atoms with E-state index in [1.807, 2.05) is 36.4 Å². The van der Waals surface area contributed by atoms with E-state index in [1.54, 1.807) is 0 Å². The third-order valence-corrected chi connectivity index (χ3v) is 11.6.